The molecule has 5 rings (SSSR count). The van der Waals surface area contributed by atoms with Gasteiger partial charge in [-0.05, 0) is 38.5 Å². The third kappa shape index (κ3) is 5.37. The number of carbonyl (C=O) groups is 2. The number of sulfonamides is 1. The van der Waals surface area contributed by atoms with Crippen LogP contribution in [-0.4, -0.2) is 38.6 Å². The molecule has 0 spiro atoms. The first kappa shape index (κ1) is 27.2. The second-order valence-corrected chi connectivity index (χ2v) is 11.1. The van der Waals surface area contributed by atoms with Gasteiger partial charge in [0.25, 0.3) is 5.91 Å². The van der Waals surface area contributed by atoms with E-state index >= 15 is 0 Å². The van der Waals surface area contributed by atoms with Crippen molar-refractivity contribution in [3.05, 3.63) is 82.7 Å². The van der Waals surface area contributed by atoms with E-state index in [0.717, 1.165) is 16.3 Å². The lowest BCUT2D eigenvalue weighted by molar-refractivity contribution is -0.119. The molecule has 1 aliphatic heterocycles. The summed E-state index contributed by atoms with van der Waals surface area (Å²) in [5.41, 5.74) is 2.88. The molecular formula is C29H29N3O7S. The van der Waals surface area contributed by atoms with Crippen molar-refractivity contribution in [1.82, 2.24) is 9.88 Å². The van der Waals surface area contributed by atoms with Gasteiger partial charge in [0.15, 0.2) is 0 Å². The average Bonchev–Trinajstić information content (AvgIpc) is 3.48. The molecule has 0 radical (unpaired) electrons. The fourth-order valence-corrected chi connectivity index (χ4v) is 6.00. The van der Waals surface area contributed by atoms with Crippen molar-refractivity contribution in [2.45, 2.75) is 39.5 Å². The number of aryl methyl sites for hydroxylation is 1. The lowest BCUT2D eigenvalue weighted by Gasteiger charge is -2.16. The van der Waals surface area contributed by atoms with Gasteiger partial charge in [-0.3, -0.25) is 14.3 Å². The summed E-state index contributed by atoms with van der Waals surface area (Å²) in [7, 11) is -3.95. The van der Waals surface area contributed by atoms with E-state index in [2.05, 4.69) is 9.88 Å². The third-order valence-corrected chi connectivity index (χ3v) is 7.71. The van der Waals surface area contributed by atoms with Crippen LogP contribution in [-0.2, 0) is 33.5 Å². The van der Waals surface area contributed by atoms with Crippen LogP contribution in [0.4, 0.5) is 5.69 Å². The Balaban J connectivity index is 1.37. The lowest BCUT2D eigenvalue weighted by atomic mass is 9.99. The van der Waals surface area contributed by atoms with Crippen LogP contribution in [0.25, 0.3) is 10.8 Å². The Morgan fingerprint density at radius 1 is 1.02 bits per heavy atom. The van der Waals surface area contributed by atoms with Gasteiger partial charge < -0.3 is 18.9 Å². The van der Waals surface area contributed by atoms with Crippen LogP contribution in [0.1, 0.15) is 46.8 Å². The first-order chi connectivity index (χ1) is 19.2. The number of rotatable bonds is 10. The smallest absolute Gasteiger partial charge is 0.262 e. The summed E-state index contributed by atoms with van der Waals surface area (Å²) >= 11 is 0. The van der Waals surface area contributed by atoms with Gasteiger partial charge in [-0.15, -0.1) is 0 Å². The van der Waals surface area contributed by atoms with E-state index in [9.17, 15) is 18.0 Å². The van der Waals surface area contributed by atoms with Crippen LogP contribution in [0.3, 0.4) is 0 Å². The molecular weight excluding hydrogens is 534 g/mol. The molecule has 0 saturated heterocycles. The Morgan fingerprint density at radius 2 is 1.68 bits per heavy atom. The number of nitrogens with zero attached hydrogens (tertiary/aromatic N) is 2. The van der Waals surface area contributed by atoms with E-state index in [1.807, 2.05) is 38.1 Å². The van der Waals surface area contributed by atoms with Crippen molar-refractivity contribution in [3.63, 3.8) is 0 Å². The van der Waals surface area contributed by atoms with Crippen LogP contribution >= 0.6 is 0 Å². The predicted octanol–water partition coefficient (Wildman–Crippen LogP) is 4.28. The summed E-state index contributed by atoms with van der Waals surface area (Å²) in [6.45, 7) is 6.60. The molecule has 1 N–H and O–H groups in total. The van der Waals surface area contributed by atoms with Gasteiger partial charge in [-0.1, -0.05) is 41.6 Å². The number of nitrogens with one attached hydrogen (secondary N) is 1. The molecule has 0 atom stereocenters. The van der Waals surface area contributed by atoms with E-state index < -0.39 is 21.7 Å². The largest absolute Gasteiger partial charge is 0.493 e. The fraction of sp³-hybridized carbons (Fsp3) is 0.276. The first-order valence-corrected chi connectivity index (χ1v) is 14.6. The highest BCUT2D eigenvalue weighted by molar-refractivity contribution is 7.89. The first-order valence-electron chi connectivity index (χ1n) is 12.9. The molecule has 1 aromatic heterocycles. The minimum Gasteiger partial charge on any atom is -0.493 e. The van der Waals surface area contributed by atoms with Gasteiger partial charge in [0, 0.05) is 28.1 Å². The Kier molecular flexibility index (Phi) is 7.49. The average molecular weight is 564 g/mol. The summed E-state index contributed by atoms with van der Waals surface area (Å²) in [4.78, 5) is 27.5. The van der Waals surface area contributed by atoms with Gasteiger partial charge in [-0.2, -0.15) is 0 Å². The fourth-order valence-electron chi connectivity index (χ4n) is 4.88. The summed E-state index contributed by atoms with van der Waals surface area (Å²) in [6, 6.07) is 15.9. The zero-order valence-electron chi connectivity index (χ0n) is 22.4. The maximum Gasteiger partial charge on any atom is 0.262 e. The van der Waals surface area contributed by atoms with E-state index in [4.69, 9.17) is 14.0 Å². The van der Waals surface area contributed by atoms with Crippen molar-refractivity contribution in [1.29, 1.82) is 0 Å². The Morgan fingerprint density at radius 3 is 2.30 bits per heavy atom. The standard InChI is InChI=1S/C29H29N3O7S/c1-4-37-27-22-8-6-7-9-23(22)28(38-5-2)26-24(27)16-32(29(26)34)20-12-10-19(11-13-20)17-40(35,36)31-25(33)15-21-14-18(3)30-39-21/h6-14H,4-5,15-17H2,1-3H3,(H,31,33). The number of anilines is 1. The number of aromatic nitrogens is 1. The van der Waals surface area contributed by atoms with E-state index in [-0.39, 0.29) is 24.6 Å². The van der Waals surface area contributed by atoms with Gasteiger partial charge >= 0.3 is 0 Å². The van der Waals surface area contributed by atoms with Crippen LogP contribution in [0, 0.1) is 6.92 Å². The highest BCUT2D eigenvalue weighted by Crippen LogP contribution is 2.46. The van der Waals surface area contributed by atoms with Crippen molar-refractivity contribution >= 4 is 38.3 Å². The van der Waals surface area contributed by atoms with Crippen molar-refractivity contribution in [3.8, 4) is 11.5 Å². The molecule has 3 aromatic carbocycles. The molecule has 2 amide bonds. The Hall–Kier alpha value is -4.38. The predicted molar refractivity (Wildman–Crippen MR) is 149 cm³/mol. The zero-order valence-corrected chi connectivity index (χ0v) is 23.2. The number of hydrogen-bond donors (Lipinski definition) is 1. The molecule has 11 heteroatoms. The van der Waals surface area contributed by atoms with Gasteiger partial charge in [-0.25, -0.2) is 8.42 Å². The van der Waals surface area contributed by atoms with E-state index in [1.165, 1.54) is 0 Å². The molecule has 4 aromatic rings. The molecule has 10 nitrogen and oxygen atoms in total. The molecule has 1 aliphatic rings. The van der Waals surface area contributed by atoms with Crippen LogP contribution in [0.5, 0.6) is 11.5 Å². The second-order valence-electron chi connectivity index (χ2n) is 9.38. The number of amides is 2. The topological polar surface area (TPSA) is 128 Å². The number of fused-ring (bicyclic) bond motifs is 2. The minimum absolute atomic E-state index is 0.222. The van der Waals surface area contributed by atoms with Crippen LogP contribution in [0.2, 0.25) is 0 Å². The molecule has 0 unspecified atom stereocenters. The molecule has 0 fully saturated rings. The minimum atomic E-state index is -3.95. The quantitative estimate of drug-likeness (QED) is 0.303. The normalized spacial score (nSPS) is 13.0. The molecule has 0 saturated carbocycles. The Labute approximate surface area is 231 Å². The zero-order chi connectivity index (χ0) is 28.4. The highest BCUT2D eigenvalue weighted by atomic mass is 32.2. The number of benzene rings is 3. The van der Waals surface area contributed by atoms with Gasteiger partial charge in [0.05, 0.1) is 43.2 Å². The van der Waals surface area contributed by atoms with Gasteiger partial charge in [0.2, 0.25) is 15.9 Å². The lowest BCUT2D eigenvalue weighted by Crippen LogP contribution is -2.32. The molecule has 40 heavy (non-hydrogen) atoms. The Bertz CT molecular complexity index is 1690. The van der Waals surface area contributed by atoms with E-state index in [1.54, 1.807) is 42.2 Å². The maximum atomic E-state index is 13.7. The molecule has 0 aliphatic carbocycles. The number of hydrogen-bond acceptors (Lipinski definition) is 8. The summed E-state index contributed by atoms with van der Waals surface area (Å²) < 4.78 is 44.2. The summed E-state index contributed by atoms with van der Waals surface area (Å²) in [5.74, 6) is 0.126. The maximum absolute atomic E-state index is 13.7. The highest BCUT2D eigenvalue weighted by Gasteiger charge is 2.36. The van der Waals surface area contributed by atoms with Crippen molar-refractivity contribution in [2.75, 3.05) is 18.1 Å². The number of ether oxygens (including phenoxy) is 2. The van der Waals surface area contributed by atoms with Crippen LogP contribution in [0.15, 0.2) is 59.1 Å². The monoisotopic (exact) mass is 563 g/mol. The molecule has 208 valence electrons. The van der Waals surface area contributed by atoms with Crippen LogP contribution < -0.4 is 19.1 Å². The van der Waals surface area contributed by atoms with Gasteiger partial charge in [0.1, 0.15) is 17.3 Å². The molecule has 2 heterocycles. The second kappa shape index (κ2) is 11.0. The SMILES string of the molecule is CCOc1c2c(c(OCC)c3ccccc13)C(=O)N(c1ccc(CS(=O)(=O)NC(=O)Cc3cc(C)no3)cc1)C2. The van der Waals surface area contributed by atoms with E-state index in [0.29, 0.717) is 47.2 Å². The molecule has 0 bridgehead atoms. The number of carbonyl (C=O) groups excluding carboxylic acids is 2. The van der Waals surface area contributed by atoms with Crippen molar-refractivity contribution in [2.24, 2.45) is 0 Å². The summed E-state index contributed by atoms with van der Waals surface area (Å²) in [6.07, 6.45) is -0.237. The van der Waals surface area contributed by atoms with Crippen molar-refractivity contribution < 1.29 is 32.0 Å². The summed E-state index contributed by atoms with van der Waals surface area (Å²) in [5, 5.41) is 5.37. The third-order valence-electron chi connectivity index (χ3n) is 6.46.